The van der Waals surface area contributed by atoms with Crippen LogP contribution in [-0.2, 0) is 0 Å². The topological polar surface area (TPSA) is 29.9 Å². The molecule has 1 aromatic carbocycles. The zero-order valence-corrected chi connectivity index (χ0v) is 10.8. The minimum atomic E-state index is 0.584. The second-order valence-corrected chi connectivity index (χ2v) is 5.02. The Bertz CT molecular complexity index is 524. The summed E-state index contributed by atoms with van der Waals surface area (Å²) in [5, 5.41) is 3.48. The van der Waals surface area contributed by atoms with Gasteiger partial charge in [0.1, 0.15) is 0 Å². The molecule has 3 heteroatoms. The van der Waals surface area contributed by atoms with Gasteiger partial charge in [-0.3, -0.25) is 0 Å². The van der Waals surface area contributed by atoms with Crippen LogP contribution in [0.2, 0.25) is 0 Å². The highest BCUT2D eigenvalue weighted by Crippen LogP contribution is 2.26. The molecule has 1 aliphatic rings. The first kappa shape index (κ1) is 11.5. The van der Waals surface area contributed by atoms with E-state index in [9.17, 15) is 0 Å². The summed E-state index contributed by atoms with van der Waals surface area (Å²) in [6.45, 7) is 4.37. The average molecular weight is 241 g/mol. The van der Waals surface area contributed by atoms with Crippen LogP contribution < -0.4 is 5.32 Å². The van der Waals surface area contributed by atoms with E-state index in [2.05, 4.69) is 46.1 Å². The number of piperidine rings is 1. The number of nitrogens with one attached hydrogen (secondary N) is 1. The molecule has 2 aromatic rings. The van der Waals surface area contributed by atoms with E-state index >= 15 is 0 Å². The minimum absolute atomic E-state index is 0.584. The van der Waals surface area contributed by atoms with Gasteiger partial charge in [-0.1, -0.05) is 18.2 Å². The van der Waals surface area contributed by atoms with Crippen LogP contribution >= 0.6 is 0 Å². The summed E-state index contributed by atoms with van der Waals surface area (Å²) in [5.41, 5.74) is 3.87. The number of hydrogen-bond acceptors (Lipinski definition) is 2. The van der Waals surface area contributed by atoms with Crippen molar-refractivity contribution in [3.8, 4) is 5.69 Å². The van der Waals surface area contributed by atoms with Crippen LogP contribution in [0.5, 0.6) is 0 Å². The Morgan fingerprint density at radius 2 is 2.22 bits per heavy atom. The molecule has 0 spiro atoms. The smallest absolute Gasteiger partial charge is 0.0994 e. The molecule has 1 atom stereocenters. The molecule has 3 nitrogen and oxygen atoms in total. The minimum Gasteiger partial charge on any atom is -0.316 e. The summed E-state index contributed by atoms with van der Waals surface area (Å²) in [5.74, 6) is 0.584. The third-order valence-corrected chi connectivity index (χ3v) is 3.76. The first-order chi connectivity index (χ1) is 8.86. The Labute approximate surface area is 108 Å². The highest BCUT2D eigenvalue weighted by Gasteiger charge is 2.19. The first-order valence-corrected chi connectivity index (χ1v) is 6.65. The Morgan fingerprint density at radius 3 is 3.00 bits per heavy atom. The van der Waals surface area contributed by atoms with Gasteiger partial charge in [-0.25, -0.2) is 4.98 Å². The number of hydrogen-bond donors (Lipinski definition) is 1. The van der Waals surface area contributed by atoms with Crippen molar-refractivity contribution < 1.29 is 0 Å². The van der Waals surface area contributed by atoms with Gasteiger partial charge in [0.15, 0.2) is 0 Å². The largest absolute Gasteiger partial charge is 0.316 e. The van der Waals surface area contributed by atoms with Crippen molar-refractivity contribution in [2.24, 2.45) is 0 Å². The fourth-order valence-electron chi connectivity index (χ4n) is 2.75. The summed E-state index contributed by atoms with van der Waals surface area (Å²) in [7, 11) is 0. The molecule has 1 N–H and O–H groups in total. The number of benzene rings is 1. The third-order valence-electron chi connectivity index (χ3n) is 3.76. The van der Waals surface area contributed by atoms with Gasteiger partial charge >= 0.3 is 0 Å². The van der Waals surface area contributed by atoms with Gasteiger partial charge in [0.2, 0.25) is 0 Å². The van der Waals surface area contributed by atoms with Gasteiger partial charge in [-0.2, -0.15) is 0 Å². The molecule has 3 rings (SSSR count). The lowest BCUT2D eigenvalue weighted by Gasteiger charge is -2.24. The molecule has 18 heavy (non-hydrogen) atoms. The highest BCUT2D eigenvalue weighted by molar-refractivity contribution is 5.41. The van der Waals surface area contributed by atoms with E-state index in [1.165, 1.54) is 29.8 Å². The van der Waals surface area contributed by atoms with Crippen molar-refractivity contribution in [3.05, 3.63) is 48.0 Å². The van der Waals surface area contributed by atoms with Crippen LogP contribution in [0.25, 0.3) is 5.69 Å². The molecular formula is C15H19N3. The van der Waals surface area contributed by atoms with E-state index in [0.717, 1.165) is 13.1 Å². The summed E-state index contributed by atoms with van der Waals surface area (Å²) in [6, 6.07) is 8.48. The standard InChI is InChI=1S/C15H19N3/c1-12-5-2-3-7-14(12)18-11-17-10-15(18)13-6-4-8-16-9-13/h2-3,5,7,10-11,13,16H,4,6,8-9H2,1H3. The predicted molar refractivity (Wildman–Crippen MR) is 73.1 cm³/mol. The van der Waals surface area contributed by atoms with Crippen molar-refractivity contribution in [2.45, 2.75) is 25.7 Å². The molecule has 2 heterocycles. The molecule has 0 amide bonds. The summed E-state index contributed by atoms with van der Waals surface area (Å²) in [4.78, 5) is 4.35. The molecule has 0 saturated carbocycles. The van der Waals surface area contributed by atoms with Crippen LogP contribution in [0.1, 0.15) is 30.0 Å². The lowest BCUT2D eigenvalue weighted by atomic mass is 9.96. The Balaban J connectivity index is 1.98. The maximum atomic E-state index is 4.35. The SMILES string of the molecule is Cc1ccccc1-n1cncc1C1CCCNC1. The fourth-order valence-corrected chi connectivity index (χ4v) is 2.75. The monoisotopic (exact) mass is 241 g/mol. The van der Waals surface area contributed by atoms with Crippen LogP contribution in [-0.4, -0.2) is 22.6 Å². The fraction of sp³-hybridized carbons (Fsp3) is 0.400. The average Bonchev–Trinajstić information content (AvgIpc) is 2.89. The number of rotatable bonds is 2. The zero-order chi connectivity index (χ0) is 12.4. The number of aromatic nitrogens is 2. The molecule has 1 fully saturated rings. The molecule has 94 valence electrons. The molecule has 1 aromatic heterocycles. The second kappa shape index (κ2) is 4.94. The Kier molecular flexibility index (Phi) is 3.15. The first-order valence-electron chi connectivity index (χ1n) is 6.65. The lowest BCUT2D eigenvalue weighted by Crippen LogP contribution is -2.29. The summed E-state index contributed by atoms with van der Waals surface area (Å²) >= 11 is 0. The molecular weight excluding hydrogens is 222 g/mol. The van der Waals surface area contributed by atoms with E-state index in [-0.39, 0.29) is 0 Å². The van der Waals surface area contributed by atoms with Crippen LogP contribution in [0, 0.1) is 6.92 Å². The molecule has 1 aliphatic heterocycles. The van der Waals surface area contributed by atoms with Crippen molar-refractivity contribution in [2.75, 3.05) is 13.1 Å². The normalized spacial score (nSPS) is 19.9. The van der Waals surface area contributed by atoms with E-state index in [4.69, 9.17) is 0 Å². The quantitative estimate of drug-likeness (QED) is 0.876. The molecule has 0 aliphatic carbocycles. The van der Waals surface area contributed by atoms with Crippen molar-refractivity contribution in [1.29, 1.82) is 0 Å². The summed E-state index contributed by atoms with van der Waals surface area (Å²) < 4.78 is 2.24. The van der Waals surface area contributed by atoms with Gasteiger partial charge in [0, 0.05) is 30.0 Å². The van der Waals surface area contributed by atoms with E-state index in [1.54, 1.807) is 0 Å². The number of aryl methyl sites for hydroxylation is 1. The van der Waals surface area contributed by atoms with Crippen molar-refractivity contribution >= 4 is 0 Å². The molecule has 0 bridgehead atoms. The van der Waals surface area contributed by atoms with Gasteiger partial charge in [0.05, 0.1) is 6.33 Å². The van der Waals surface area contributed by atoms with Crippen LogP contribution in [0.4, 0.5) is 0 Å². The molecule has 0 radical (unpaired) electrons. The molecule has 1 unspecified atom stereocenters. The van der Waals surface area contributed by atoms with Crippen molar-refractivity contribution in [3.63, 3.8) is 0 Å². The third kappa shape index (κ3) is 2.06. The van der Waals surface area contributed by atoms with Gasteiger partial charge in [-0.05, 0) is 37.9 Å². The maximum Gasteiger partial charge on any atom is 0.0994 e. The highest BCUT2D eigenvalue weighted by atomic mass is 15.1. The van der Waals surface area contributed by atoms with E-state index in [0.29, 0.717) is 5.92 Å². The van der Waals surface area contributed by atoms with E-state index < -0.39 is 0 Å². The second-order valence-electron chi connectivity index (χ2n) is 5.02. The number of imidazole rings is 1. The predicted octanol–water partition coefficient (Wildman–Crippen LogP) is 2.65. The molecule has 1 saturated heterocycles. The van der Waals surface area contributed by atoms with E-state index in [1.807, 2.05) is 12.5 Å². The van der Waals surface area contributed by atoms with Gasteiger partial charge < -0.3 is 9.88 Å². The number of para-hydroxylation sites is 1. The number of nitrogens with zero attached hydrogens (tertiary/aromatic N) is 2. The van der Waals surface area contributed by atoms with Crippen LogP contribution in [0.15, 0.2) is 36.8 Å². The van der Waals surface area contributed by atoms with Crippen LogP contribution in [0.3, 0.4) is 0 Å². The van der Waals surface area contributed by atoms with Crippen molar-refractivity contribution in [1.82, 2.24) is 14.9 Å². The van der Waals surface area contributed by atoms with Gasteiger partial charge in [-0.15, -0.1) is 0 Å². The Hall–Kier alpha value is -1.61. The zero-order valence-electron chi connectivity index (χ0n) is 10.8. The van der Waals surface area contributed by atoms with Gasteiger partial charge in [0.25, 0.3) is 0 Å². The lowest BCUT2D eigenvalue weighted by molar-refractivity contribution is 0.451. The summed E-state index contributed by atoms with van der Waals surface area (Å²) in [6.07, 6.45) is 6.46. The Morgan fingerprint density at radius 1 is 1.33 bits per heavy atom. The maximum absolute atomic E-state index is 4.35.